The van der Waals surface area contributed by atoms with Crippen molar-refractivity contribution in [1.82, 2.24) is 0 Å². The molecule has 3 aromatic carbocycles. The van der Waals surface area contributed by atoms with E-state index in [1.54, 1.807) is 49.4 Å². The van der Waals surface area contributed by atoms with E-state index in [-0.39, 0.29) is 39.7 Å². The van der Waals surface area contributed by atoms with Crippen molar-refractivity contribution in [3.05, 3.63) is 82.2 Å². The number of aryl methyl sites for hydroxylation is 1. The van der Waals surface area contributed by atoms with Gasteiger partial charge in [0, 0.05) is 16.5 Å². The third kappa shape index (κ3) is 4.88. The number of carbonyl (C=O) groups excluding carboxylic acids is 2. The predicted molar refractivity (Wildman–Crippen MR) is 134 cm³/mol. The molecule has 1 amide bonds. The van der Waals surface area contributed by atoms with Gasteiger partial charge in [-0.25, -0.2) is 4.79 Å². The highest BCUT2D eigenvalue weighted by Crippen LogP contribution is 2.41. The monoisotopic (exact) mass is 484 g/mol. The number of hydrogen-bond donors (Lipinski definition) is 2. The highest BCUT2D eigenvalue weighted by atomic mass is 32.1. The number of amides is 1. The van der Waals surface area contributed by atoms with Crippen molar-refractivity contribution in [3.63, 3.8) is 0 Å². The molecule has 0 aliphatic rings. The second kappa shape index (κ2) is 10.2. The van der Waals surface area contributed by atoms with Crippen LogP contribution in [0.3, 0.4) is 0 Å². The van der Waals surface area contributed by atoms with Crippen LogP contribution < -0.4 is 5.32 Å². The fourth-order valence-corrected chi connectivity index (χ4v) is 4.22. The Labute approximate surface area is 205 Å². The molecule has 0 saturated carbocycles. The minimum absolute atomic E-state index is 0.0251. The Kier molecular flexibility index (Phi) is 6.85. The lowest BCUT2D eigenvalue weighted by Crippen LogP contribution is -2.12. The zero-order valence-corrected chi connectivity index (χ0v) is 19.7. The molecule has 1 aromatic heterocycles. The topological polar surface area (TPSA) is 124 Å². The molecule has 4 aromatic rings. The first-order chi connectivity index (χ1) is 16.9. The minimum Gasteiger partial charge on any atom is -0.505 e. The number of phenolic OH excluding ortho intramolecular Hbond substituents is 1. The fraction of sp³-hybridized carbons (Fsp3) is 0.115. The number of aromatic hydroxyl groups is 1. The van der Waals surface area contributed by atoms with Gasteiger partial charge >= 0.3 is 5.97 Å². The van der Waals surface area contributed by atoms with Gasteiger partial charge in [0.1, 0.15) is 17.3 Å². The summed E-state index contributed by atoms with van der Waals surface area (Å²) in [5.41, 5.74) is 1.88. The molecule has 4 rings (SSSR count). The first-order valence-corrected chi connectivity index (χ1v) is 11.5. The molecule has 0 saturated heterocycles. The molecule has 8 nitrogen and oxygen atoms in total. The summed E-state index contributed by atoms with van der Waals surface area (Å²) in [4.78, 5) is 25.1. The fourth-order valence-electron chi connectivity index (χ4n) is 3.41. The van der Waals surface area contributed by atoms with E-state index < -0.39 is 11.9 Å². The molecule has 1 heterocycles. The summed E-state index contributed by atoms with van der Waals surface area (Å²) in [6, 6.07) is 17.9. The molecular weight excluding hydrogens is 464 g/mol. The number of carbonyl (C=O) groups is 2. The lowest BCUT2D eigenvalue weighted by atomic mass is 10.0. The molecule has 0 atom stereocenters. The van der Waals surface area contributed by atoms with E-state index in [1.165, 1.54) is 5.38 Å². The average Bonchev–Trinajstić information content (AvgIpc) is 3.27. The summed E-state index contributed by atoms with van der Waals surface area (Å²) in [6.45, 7) is 3.79. The highest BCUT2D eigenvalue weighted by molar-refractivity contribution is 7.14. The van der Waals surface area contributed by atoms with Crippen molar-refractivity contribution in [1.29, 1.82) is 5.26 Å². The number of ether oxygens (including phenoxy) is 1. The Morgan fingerprint density at radius 2 is 1.86 bits per heavy atom. The molecule has 9 heteroatoms. The standard InChI is InChI=1S/C26H20N4O4S/c1-3-34-26(33)21-14-35-25(20(21)13-27)30-29-22-18-7-5-4-6-16(18)12-19(23(22)31)24(32)28-17-10-8-15(2)9-11-17/h4-12,14,31H,3H2,1-2H3,(H,28,32). The summed E-state index contributed by atoms with van der Waals surface area (Å²) in [5.74, 6) is -1.48. The van der Waals surface area contributed by atoms with Crippen molar-refractivity contribution >= 4 is 50.4 Å². The van der Waals surface area contributed by atoms with Crippen molar-refractivity contribution in [2.75, 3.05) is 11.9 Å². The van der Waals surface area contributed by atoms with E-state index >= 15 is 0 Å². The number of thiophene rings is 1. The Bertz CT molecular complexity index is 1500. The van der Waals surface area contributed by atoms with Crippen LogP contribution in [0.25, 0.3) is 10.8 Å². The number of esters is 1. The maximum absolute atomic E-state index is 13.0. The molecule has 0 unspecified atom stereocenters. The second-order valence-corrected chi connectivity index (χ2v) is 8.38. The summed E-state index contributed by atoms with van der Waals surface area (Å²) >= 11 is 1.05. The third-order valence-corrected chi connectivity index (χ3v) is 6.03. The van der Waals surface area contributed by atoms with Gasteiger partial charge in [0.25, 0.3) is 5.91 Å². The first kappa shape index (κ1) is 23.6. The predicted octanol–water partition coefficient (Wildman–Crippen LogP) is 6.63. The van der Waals surface area contributed by atoms with E-state index in [2.05, 4.69) is 15.5 Å². The van der Waals surface area contributed by atoms with Crippen molar-refractivity contribution < 1.29 is 19.4 Å². The van der Waals surface area contributed by atoms with E-state index in [4.69, 9.17) is 4.74 Å². The van der Waals surface area contributed by atoms with Crippen molar-refractivity contribution in [3.8, 4) is 11.8 Å². The smallest absolute Gasteiger partial charge is 0.340 e. The van der Waals surface area contributed by atoms with Gasteiger partial charge in [-0.05, 0) is 37.4 Å². The van der Waals surface area contributed by atoms with Gasteiger partial charge in [0.2, 0.25) is 0 Å². The number of anilines is 1. The number of fused-ring (bicyclic) bond motifs is 1. The van der Waals surface area contributed by atoms with Gasteiger partial charge in [-0.15, -0.1) is 21.6 Å². The molecule has 174 valence electrons. The molecule has 0 spiro atoms. The number of azo groups is 1. The number of hydrogen-bond acceptors (Lipinski definition) is 8. The Morgan fingerprint density at radius 1 is 1.11 bits per heavy atom. The van der Waals surface area contributed by atoms with Gasteiger partial charge in [-0.1, -0.05) is 42.0 Å². The van der Waals surface area contributed by atoms with Crippen LogP contribution in [-0.4, -0.2) is 23.6 Å². The quantitative estimate of drug-likeness (QED) is 0.235. The molecular formula is C26H20N4O4S. The van der Waals surface area contributed by atoms with Crippen molar-refractivity contribution in [2.24, 2.45) is 10.2 Å². The molecule has 0 radical (unpaired) electrons. The summed E-state index contributed by atoms with van der Waals surface area (Å²) < 4.78 is 4.98. The number of nitriles is 1. The largest absolute Gasteiger partial charge is 0.505 e. The number of benzene rings is 3. The van der Waals surface area contributed by atoms with Gasteiger partial charge < -0.3 is 15.2 Å². The van der Waals surface area contributed by atoms with Crippen molar-refractivity contribution in [2.45, 2.75) is 13.8 Å². The van der Waals surface area contributed by atoms with Crippen LogP contribution in [0.4, 0.5) is 16.4 Å². The Morgan fingerprint density at radius 3 is 2.57 bits per heavy atom. The lowest BCUT2D eigenvalue weighted by Gasteiger charge is -2.11. The third-order valence-electron chi connectivity index (χ3n) is 5.17. The van der Waals surface area contributed by atoms with Gasteiger partial charge in [0.15, 0.2) is 10.8 Å². The zero-order valence-electron chi connectivity index (χ0n) is 18.9. The van der Waals surface area contributed by atoms with E-state index in [0.29, 0.717) is 16.5 Å². The zero-order chi connectivity index (χ0) is 24.9. The SMILES string of the molecule is CCOC(=O)c1csc(N=Nc2c(O)c(C(=O)Nc3ccc(C)cc3)cc3ccccc23)c1C#N. The first-order valence-electron chi connectivity index (χ1n) is 10.7. The van der Waals surface area contributed by atoms with E-state index in [9.17, 15) is 20.0 Å². The normalized spacial score (nSPS) is 10.9. The lowest BCUT2D eigenvalue weighted by molar-refractivity contribution is 0.0526. The second-order valence-electron chi connectivity index (χ2n) is 7.52. The number of nitrogens with zero attached hydrogens (tertiary/aromatic N) is 3. The van der Waals surface area contributed by atoms with Crippen LogP contribution in [0.15, 0.2) is 70.2 Å². The molecule has 0 fully saturated rings. The molecule has 0 bridgehead atoms. The summed E-state index contributed by atoms with van der Waals surface area (Å²) in [7, 11) is 0. The van der Waals surface area contributed by atoms with E-state index in [1.807, 2.05) is 25.1 Å². The van der Waals surface area contributed by atoms with Crippen LogP contribution in [0.5, 0.6) is 5.75 Å². The van der Waals surface area contributed by atoms with Gasteiger partial charge in [0.05, 0.1) is 17.7 Å². The van der Waals surface area contributed by atoms with Crippen LogP contribution >= 0.6 is 11.3 Å². The average molecular weight is 485 g/mol. The Balaban J connectivity index is 1.75. The number of phenols is 1. The Hall–Kier alpha value is -4.55. The maximum Gasteiger partial charge on any atom is 0.340 e. The van der Waals surface area contributed by atoms with Crippen LogP contribution in [0.1, 0.15) is 38.8 Å². The van der Waals surface area contributed by atoms with Gasteiger partial charge in [-0.3, -0.25) is 4.79 Å². The molecule has 2 N–H and O–H groups in total. The molecule has 0 aliphatic heterocycles. The van der Waals surface area contributed by atoms with Gasteiger partial charge in [-0.2, -0.15) is 5.26 Å². The van der Waals surface area contributed by atoms with Crippen LogP contribution in [0, 0.1) is 18.3 Å². The highest BCUT2D eigenvalue weighted by Gasteiger charge is 2.21. The summed E-state index contributed by atoms with van der Waals surface area (Å²) in [6.07, 6.45) is 0. The van der Waals surface area contributed by atoms with Crippen LogP contribution in [0.2, 0.25) is 0 Å². The molecule has 35 heavy (non-hydrogen) atoms. The molecule has 0 aliphatic carbocycles. The van der Waals surface area contributed by atoms with E-state index in [0.717, 1.165) is 16.9 Å². The minimum atomic E-state index is -0.621. The summed E-state index contributed by atoms with van der Waals surface area (Å²) in [5, 5.41) is 34.6. The maximum atomic E-state index is 13.0. The van der Waals surface area contributed by atoms with Crippen LogP contribution in [-0.2, 0) is 4.74 Å². The number of rotatable bonds is 6. The number of nitrogens with one attached hydrogen (secondary N) is 1.